The Kier molecular flexibility index (Phi) is 7.65. The van der Waals surface area contributed by atoms with Gasteiger partial charge in [-0.3, -0.25) is 18.9 Å². The minimum atomic E-state index is -1.44. The van der Waals surface area contributed by atoms with Gasteiger partial charge in [0.15, 0.2) is 11.0 Å². The van der Waals surface area contributed by atoms with Crippen molar-refractivity contribution in [3.8, 4) is 0 Å². The average molecular weight is 525 g/mol. The summed E-state index contributed by atoms with van der Waals surface area (Å²) < 4.78 is 20.6. The van der Waals surface area contributed by atoms with E-state index in [2.05, 4.69) is 19.2 Å². The standard InChI is InChI=1S/C28H36N4O4S/c1-28(2)18-26(28)30-25-17-22(7-10-24(25)29-19-20-11-15-35-16-12-20)31(3)37(34)23-8-5-21(6-9-23)27(33)32-13-4-14-36-32/h5-10,17,20,29H,4,11-16,18-19H2,1-3H3. The molecular formula is C28H36N4O4S. The Morgan fingerprint density at radius 2 is 1.89 bits per heavy atom. The molecule has 3 fully saturated rings. The third-order valence-electron chi connectivity index (χ3n) is 7.32. The molecule has 1 N–H and O–H groups in total. The van der Waals surface area contributed by atoms with Crippen LogP contribution in [-0.2, 0) is 20.6 Å². The third kappa shape index (κ3) is 6.05. The maximum absolute atomic E-state index is 13.4. The Morgan fingerprint density at radius 1 is 1.16 bits per heavy atom. The summed E-state index contributed by atoms with van der Waals surface area (Å²) in [5, 5.41) is 5.00. The van der Waals surface area contributed by atoms with Crippen molar-refractivity contribution < 1.29 is 18.6 Å². The lowest BCUT2D eigenvalue weighted by Gasteiger charge is -2.24. The number of nitrogens with zero attached hydrogens (tertiary/aromatic N) is 3. The third-order valence-corrected chi connectivity index (χ3v) is 8.70. The Labute approximate surface area is 221 Å². The van der Waals surface area contributed by atoms with Gasteiger partial charge in [0.05, 0.1) is 35.1 Å². The van der Waals surface area contributed by atoms with Gasteiger partial charge >= 0.3 is 0 Å². The number of aliphatic imine (C=N–C) groups is 1. The van der Waals surface area contributed by atoms with Gasteiger partial charge in [-0.25, -0.2) is 9.27 Å². The molecule has 3 aliphatic rings. The van der Waals surface area contributed by atoms with E-state index < -0.39 is 11.0 Å². The second-order valence-corrected chi connectivity index (χ2v) is 12.1. The molecule has 1 aliphatic carbocycles. The molecule has 0 bridgehead atoms. The summed E-state index contributed by atoms with van der Waals surface area (Å²) >= 11 is 0. The summed E-state index contributed by atoms with van der Waals surface area (Å²) in [7, 11) is 0.372. The van der Waals surface area contributed by atoms with E-state index in [9.17, 15) is 9.00 Å². The van der Waals surface area contributed by atoms with Gasteiger partial charge in [-0.15, -0.1) is 0 Å². The number of anilines is 2. The molecule has 1 amide bonds. The first-order chi connectivity index (χ1) is 17.8. The van der Waals surface area contributed by atoms with Gasteiger partial charge in [0.2, 0.25) is 0 Å². The van der Waals surface area contributed by atoms with Crippen molar-refractivity contribution in [1.29, 1.82) is 0 Å². The van der Waals surface area contributed by atoms with Gasteiger partial charge in [-0.1, -0.05) is 13.8 Å². The van der Waals surface area contributed by atoms with E-state index in [-0.39, 0.29) is 11.3 Å². The first-order valence-electron chi connectivity index (χ1n) is 13.1. The molecule has 1 unspecified atom stereocenters. The molecule has 2 aromatic rings. The van der Waals surface area contributed by atoms with Crippen molar-refractivity contribution in [2.24, 2.45) is 16.3 Å². The van der Waals surface area contributed by atoms with Crippen LogP contribution < -0.4 is 9.62 Å². The van der Waals surface area contributed by atoms with Crippen LogP contribution in [0.2, 0.25) is 0 Å². The number of carbonyl (C=O) groups is 1. The molecule has 1 saturated carbocycles. The maximum Gasteiger partial charge on any atom is 0.277 e. The quantitative estimate of drug-likeness (QED) is 0.528. The predicted octanol–water partition coefficient (Wildman–Crippen LogP) is 4.96. The first-order valence-corrected chi connectivity index (χ1v) is 14.2. The van der Waals surface area contributed by atoms with Crippen LogP contribution >= 0.6 is 0 Å². The van der Waals surface area contributed by atoms with Crippen LogP contribution in [0, 0.1) is 11.3 Å². The zero-order chi connectivity index (χ0) is 26.0. The number of ether oxygens (including phenoxy) is 1. The van der Waals surface area contributed by atoms with Crippen molar-refractivity contribution in [2.75, 3.05) is 49.6 Å². The van der Waals surface area contributed by atoms with Crippen LogP contribution in [0.15, 0.2) is 52.4 Å². The number of hydrogen-bond donors (Lipinski definition) is 1. The molecule has 2 heterocycles. The molecule has 9 heteroatoms. The minimum Gasteiger partial charge on any atom is -0.383 e. The van der Waals surface area contributed by atoms with Crippen LogP contribution in [0.3, 0.4) is 0 Å². The van der Waals surface area contributed by atoms with Crippen LogP contribution in [0.4, 0.5) is 17.1 Å². The van der Waals surface area contributed by atoms with E-state index in [1.807, 2.05) is 25.2 Å². The highest BCUT2D eigenvalue weighted by atomic mass is 32.2. The summed E-state index contributed by atoms with van der Waals surface area (Å²) in [4.78, 5) is 23.5. The van der Waals surface area contributed by atoms with E-state index in [1.54, 1.807) is 28.6 Å². The van der Waals surface area contributed by atoms with E-state index in [0.29, 0.717) is 29.5 Å². The van der Waals surface area contributed by atoms with Crippen molar-refractivity contribution >= 4 is 39.7 Å². The lowest BCUT2D eigenvalue weighted by atomic mass is 10.0. The number of carbonyl (C=O) groups excluding carboxylic acids is 1. The number of hydroxylamine groups is 2. The van der Waals surface area contributed by atoms with Gasteiger partial charge < -0.3 is 10.1 Å². The smallest absolute Gasteiger partial charge is 0.277 e. The SMILES string of the molecule is CN(c1ccc(NCC2CCOCC2)c(N=C2CC2(C)C)c1)S(=O)c1ccc(C(=O)N2CCCO2)cc1. The van der Waals surface area contributed by atoms with Crippen LogP contribution in [0.25, 0.3) is 0 Å². The fraction of sp³-hybridized carbons (Fsp3) is 0.500. The van der Waals surface area contributed by atoms with E-state index in [0.717, 1.165) is 62.5 Å². The molecule has 8 nitrogen and oxygen atoms in total. The van der Waals surface area contributed by atoms with Crippen LogP contribution in [0.1, 0.15) is 49.9 Å². The number of nitrogens with one attached hydrogen (secondary N) is 1. The van der Waals surface area contributed by atoms with Gasteiger partial charge in [0.1, 0.15) is 0 Å². The molecule has 0 spiro atoms. The molecule has 0 aromatic heterocycles. The van der Waals surface area contributed by atoms with Crippen molar-refractivity contribution in [1.82, 2.24) is 5.06 Å². The summed E-state index contributed by atoms with van der Waals surface area (Å²) in [6.07, 6.45) is 3.97. The Balaban J connectivity index is 1.32. The largest absolute Gasteiger partial charge is 0.383 e. The molecule has 37 heavy (non-hydrogen) atoms. The second-order valence-electron chi connectivity index (χ2n) is 10.6. The number of rotatable bonds is 8. The Morgan fingerprint density at radius 3 is 2.54 bits per heavy atom. The van der Waals surface area contributed by atoms with Crippen LogP contribution in [0.5, 0.6) is 0 Å². The summed E-state index contributed by atoms with van der Waals surface area (Å²) in [5.41, 5.74) is 4.54. The maximum atomic E-state index is 13.4. The molecule has 2 aliphatic heterocycles. The highest BCUT2D eigenvalue weighted by Crippen LogP contribution is 2.44. The summed E-state index contributed by atoms with van der Waals surface area (Å²) in [5.74, 6) is 0.423. The molecule has 0 radical (unpaired) electrons. The summed E-state index contributed by atoms with van der Waals surface area (Å²) in [6, 6.07) is 12.9. The highest BCUT2D eigenvalue weighted by molar-refractivity contribution is 7.86. The lowest BCUT2D eigenvalue weighted by Crippen LogP contribution is -2.26. The van der Waals surface area contributed by atoms with Crippen LogP contribution in [-0.4, -0.2) is 60.8 Å². The van der Waals surface area contributed by atoms with Gasteiger partial charge in [0, 0.05) is 43.5 Å². The topological polar surface area (TPSA) is 83.5 Å². The molecular weight excluding hydrogens is 488 g/mol. The molecule has 198 valence electrons. The normalized spacial score (nSPS) is 21.2. The van der Waals surface area contributed by atoms with Gasteiger partial charge in [0.25, 0.3) is 5.91 Å². The zero-order valence-electron chi connectivity index (χ0n) is 21.9. The Hall–Kier alpha value is -2.75. The average Bonchev–Trinajstić information content (AvgIpc) is 3.27. The highest BCUT2D eigenvalue weighted by Gasteiger charge is 2.41. The van der Waals surface area contributed by atoms with Crippen molar-refractivity contribution in [3.63, 3.8) is 0 Å². The Bertz CT molecular complexity index is 1190. The first kappa shape index (κ1) is 25.9. The number of hydrogen-bond acceptors (Lipinski definition) is 6. The van der Waals surface area contributed by atoms with Crippen molar-refractivity contribution in [2.45, 2.75) is 44.4 Å². The van der Waals surface area contributed by atoms with E-state index in [4.69, 9.17) is 14.6 Å². The van der Waals surface area contributed by atoms with Crippen molar-refractivity contribution in [3.05, 3.63) is 48.0 Å². The van der Waals surface area contributed by atoms with Gasteiger partial charge in [-0.2, -0.15) is 0 Å². The molecule has 1 atom stereocenters. The molecule has 2 saturated heterocycles. The molecule has 5 rings (SSSR count). The fourth-order valence-corrected chi connectivity index (χ4v) is 5.58. The fourth-order valence-electron chi connectivity index (χ4n) is 4.59. The molecule has 2 aromatic carbocycles. The lowest BCUT2D eigenvalue weighted by molar-refractivity contribution is -0.0768. The number of amides is 1. The monoisotopic (exact) mass is 524 g/mol. The minimum absolute atomic E-state index is 0.141. The summed E-state index contributed by atoms with van der Waals surface area (Å²) in [6.45, 7) is 8.11. The van der Waals surface area contributed by atoms with E-state index >= 15 is 0 Å². The van der Waals surface area contributed by atoms with E-state index in [1.165, 1.54) is 10.8 Å². The zero-order valence-corrected chi connectivity index (χ0v) is 22.7. The predicted molar refractivity (Wildman–Crippen MR) is 147 cm³/mol. The number of benzene rings is 2. The van der Waals surface area contributed by atoms with Gasteiger partial charge in [-0.05, 0) is 74.1 Å². The second kappa shape index (κ2) is 10.9.